The second-order valence-electron chi connectivity index (χ2n) is 3.69. The Morgan fingerprint density at radius 3 is 2.50 bits per heavy atom. The highest BCUT2D eigenvalue weighted by Gasteiger charge is 2.22. The molecule has 1 aromatic rings. The van der Waals surface area contributed by atoms with E-state index < -0.39 is 0 Å². The van der Waals surface area contributed by atoms with E-state index in [2.05, 4.69) is 19.9 Å². The van der Waals surface area contributed by atoms with Gasteiger partial charge in [0.25, 0.3) is 0 Å². The topological polar surface area (TPSA) is 0 Å². The van der Waals surface area contributed by atoms with Crippen molar-refractivity contribution < 1.29 is 4.39 Å². The molecule has 0 amide bonds. The van der Waals surface area contributed by atoms with Gasteiger partial charge in [-0.25, -0.2) is 4.39 Å². The molecule has 2 atom stereocenters. The molecule has 1 aliphatic heterocycles. The maximum absolute atomic E-state index is 13.4. The molecule has 0 fully saturated rings. The van der Waals surface area contributed by atoms with Crippen molar-refractivity contribution in [2.45, 2.75) is 19.1 Å². The predicted octanol–water partition coefficient (Wildman–Crippen LogP) is 3.94. The monoisotopic (exact) mass is 208 g/mol. The first kappa shape index (κ1) is 9.78. The molecule has 0 aromatic heterocycles. The summed E-state index contributed by atoms with van der Waals surface area (Å²) in [5, 5.41) is 0.560. The lowest BCUT2D eigenvalue weighted by atomic mass is 10.1. The number of hydrogen-bond acceptors (Lipinski definition) is 1. The summed E-state index contributed by atoms with van der Waals surface area (Å²) >= 11 is 1.76. The van der Waals surface area contributed by atoms with E-state index >= 15 is 0 Å². The minimum Gasteiger partial charge on any atom is -0.206 e. The first-order valence-electron chi connectivity index (χ1n) is 4.82. The van der Waals surface area contributed by atoms with Gasteiger partial charge >= 0.3 is 0 Å². The Hall–Kier alpha value is -0.760. The largest absolute Gasteiger partial charge is 0.206 e. The highest BCUT2D eigenvalue weighted by atomic mass is 32.2. The third kappa shape index (κ3) is 1.71. The second-order valence-corrected chi connectivity index (χ2v) is 5.11. The van der Waals surface area contributed by atoms with Gasteiger partial charge in [0.1, 0.15) is 5.82 Å². The van der Waals surface area contributed by atoms with Gasteiger partial charge < -0.3 is 0 Å². The van der Waals surface area contributed by atoms with E-state index in [0.29, 0.717) is 11.2 Å². The number of benzene rings is 1. The smallest absolute Gasteiger partial charge is 0.131 e. The summed E-state index contributed by atoms with van der Waals surface area (Å²) in [6.45, 7) is 4.35. The van der Waals surface area contributed by atoms with Gasteiger partial charge in [0.05, 0.1) is 0 Å². The van der Waals surface area contributed by atoms with Crippen molar-refractivity contribution in [1.82, 2.24) is 0 Å². The maximum atomic E-state index is 13.4. The normalized spacial score (nSPS) is 26.4. The van der Waals surface area contributed by atoms with Crippen LogP contribution < -0.4 is 0 Å². The van der Waals surface area contributed by atoms with Gasteiger partial charge in [-0.3, -0.25) is 0 Å². The van der Waals surface area contributed by atoms with Crippen molar-refractivity contribution in [2.24, 2.45) is 5.92 Å². The molecule has 2 unspecified atom stereocenters. The number of thioether (sulfide) groups is 1. The fraction of sp³-hybridized carbons (Fsp3) is 0.333. The average molecular weight is 208 g/mol. The SMILES string of the molecule is CC1C=C(c2ccccc2F)SC1C. The molecule has 0 radical (unpaired) electrons. The standard InChI is InChI=1S/C12H13FS/c1-8-7-12(14-9(8)2)10-5-3-4-6-11(10)13/h3-9H,1-2H3. The Kier molecular flexibility index (Phi) is 2.64. The van der Waals surface area contributed by atoms with Gasteiger partial charge in [0.15, 0.2) is 0 Å². The lowest BCUT2D eigenvalue weighted by Crippen LogP contribution is -2.00. The molecule has 0 N–H and O–H groups in total. The van der Waals surface area contributed by atoms with Crippen molar-refractivity contribution >= 4 is 16.7 Å². The molecule has 0 bridgehead atoms. The highest BCUT2D eigenvalue weighted by Crippen LogP contribution is 2.42. The van der Waals surface area contributed by atoms with Crippen LogP contribution in [0.15, 0.2) is 30.3 Å². The fourth-order valence-corrected chi connectivity index (χ4v) is 2.81. The zero-order valence-electron chi connectivity index (χ0n) is 8.33. The van der Waals surface area contributed by atoms with Crippen LogP contribution in [0.1, 0.15) is 19.4 Å². The van der Waals surface area contributed by atoms with Crippen molar-refractivity contribution in [3.63, 3.8) is 0 Å². The van der Waals surface area contributed by atoms with E-state index in [4.69, 9.17) is 0 Å². The molecule has 74 valence electrons. The van der Waals surface area contributed by atoms with Crippen molar-refractivity contribution in [1.29, 1.82) is 0 Å². The van der Waals surface area contributed by atoms with E-state index in [0.717, 1.165) is 10.5 Å². The highest BCUT2D eigenvalue weighted by molar-refractivity contribution is 8.09. The molecule has 1 heterocycles. The van der Waals surface area contributed by atoms with E-state index in [9.17, 15) is 4.39 Å². The lowest BCUT2D eigenvalue weighted by Gasteiger charge is -2.06. The maximum Gasteiger partial charge on any atom is 0.131 e. The predicted molar refractivity (Wildman–Crippen MR) is 60.6 cm³/mol. The first-order valence-corrected chi connectivity index (χ1v) is 5.70. The van der Waals surface area contributed by atoms with Crippen LogP contribution in [-0.4, -0.2) is 5.25 Å². The zero-order valence-corrected chi connectivity index (χ0v) is 9.14. The third-order valence-electron chi connectivity index (χ3n) is 2.61. The quantitative estimate of drug-likeness (QED) is 0.673. The first-order chi connectivity index (χ1) is 6.68. The number of rotatable bonds is 1. The molecule has 0 spiro atoms. The molecule has 0 saturated heterocycles. The van der Waals surface area contributed by atoms with E-state index in [-0.39, 0.29) is 5.82 Å². The van der Waals surface area contributed by atoms with E-state index in [1.54, 1.807) is 17.8 Å². The molecule has 1 aliphatic rings. The van der Waals surface area contributed by atoms with Gasteiger partial charge in [0, 0.05) is 15.7 Å². The molecule has 1 aromatic carbocycles. The lowest BCUT2D eigenvalue weighted by molar-refractivity contribution is 0.624. The Labute approximate surface area is 88.2 Å². The Balaban J connectivity index is 2.34. The summed E-state index contributed by atoms with van der Waals surface area (Å²) in [6, 6.07) is 6.97. The van der Waals surface area contributed by atoms with Gasteiger partial charge in [-0.05, 0) is 12.0 Å². The zero-order chi connectivity index (χ0) is 10.1. The number of hydrogen-bond donors (Lipinski definition) is 0. The van der Waals surface area contributed by atoms with Crippen LogP contribution in [0, 0.1) is 11.7 Å². The van der Waals surface area contributed by atoms with Crippen LogP contribution >= 0.6 is 11.8 Å². The summed E-state index contributed by atoms with van der Waals surface area (Å²) in [5.74, 6) is 0.419. The van der Waals surface area contributed by atoms with Gasteiger partial charge in [-0.15, -0.1) is 11.8 Å². The summed E-state index contributed by atoms with van der Waals surface area (Å²) < 4.78 is 13.4. The van der Waals surface area contributed by atoms with Crippen molar-refractivity contribution in [3.8, 4) is 0 Å². The summed E-state index contributed by atoms with van der Waals surface area (Å²) in [4.78, 5) is 1.09. The summed E-state index contributed by atoms with van der Waals surface area (Å²) in [7, 11) is 0. The van der Waals surface area contributed by atoms with E-state index in [1.807, 2.05) is 12.1 Å². The molecular weight excluding hydrogens is 195 g/mol. The van der Waals surface area contributed by atoms with Crippen LogP contribution in [0.25, 0.3) is 4.91 Å². The second kappa shape index (κ2) is 3.77. The van der Waals surface area contributed by atoms with Gasteiger partial charge in [-0.1, -0.05) is 38.1 Å². The molecular formula is C12H13FS. The molecule has 2 heteroatoms. The average Bonchev–Trinajstić information content (AvgIpc) is 2.48. The van der Waals surface area contributed by atoms with Crippen molar-refractivity contribution in [3.05, 3.63) is 41.7 Å². The van der Waals surface area contributed by atoms with Gasteiger partial charge in [-0.2, -0.15) is 0 Å². The molecule has 0 aliphatic carbocycles. The minimum absolute atomic E-state index is 0.118. The van der Waals surface area contributed by atoms with Crippen LogP contribution in [0.2, 0.25) is 0 Å². The fourth-order valence-electron chi connectivity index (χ4n) is 1.54. The third-order valence-corrected chi connectivity index (χ3v) is 4.02. The number of halogens is 1. The van der Waals surface area contributed by atoms with Crippen LogP contribution in [0.4, 0.5) is 4.39 Å². The molecule has 0 nitrogen and oxygen atoms in total. The summed E-state index contributed by atoms with van der Waals surface area (Å²) in [6.07, 6.45) is 2.16. The van der Waals surface area contributed by atoms with Crippen LogP contribution in [0.5, 0.6) is 0 Å². The van der Waals surface area contributed by atoms with Crippen LogP contribution in [-0.2, 0) is 0 Å². The van der Waals surface area contributed by atoms with Gasteiger partial charge in [0.2, 0.25) is 0 Å². The molecule has 2 rings (SSSR count). The van der Waals surface area contributed by atoms with E-state index in [1.165, 1.54) is 6.07 Å². The Morgan fingerprint density at radius 2 is 1.93 bits per heavy atom. The molecule has 0 saturated carbocycles. The summed E-state index contributed by atoms with van der Waals surface area (Å²) in [5.41, 5.74) is 0.744. The van der Waals surface area contributed by atoms with Crippen LogP contribution in [0.3, 0.4) is 0 Å². The Bertz CT molecular complexity index is 370. The molecule has 14 heavy (non-hydrogen) atoms. The minimum atomic E-state index is -0.118. The van der Waals surface area contributed by atoms with Crippen molar-refractivity contribution in [2.75, 3.05) is 0 Å². The number of allylic oxidation sites excluding steroid dienone is 1. The Morgan fingerprint density at radius 1 is 1.21 bits per heavy atom.